The highest BCUT2D eigenvalue weighted by molar-refractivity contribution is 5.54. The molecule has 2 aromatic carbocycles. The minimum atomic E-state index is -1.60. The maximum absolute atomic E-state index is 11.2. The SMILES string of the molecule is Cc1nnc(-c2ccc(Oc3cccc(C4OC(CO)C(O)C(OCC5OC(CO)C(O)C(O)C5O)C4O)c3)cc2)o1. The molecule has 0 bridgehead atoms. The van der Waals surface area contributed by atoms with Crippen molar-refractivity contribution in [2.24, 2.45) is 0 Å². The maximum atomic E-state index is 11.2. The van der Waals surface area contributed by atoms with Gasteiger partial charge in [-0.05, 0) is 42.0 Å². The quantitative estimate of drug-likeness (QED) is 0.163. The zero-order chi connectivity index (χ0) is 30.0. The Hall–Kier alpha value is -3.02. The number of hydrogen-bond donors (Lipinski definition) is 7. The lowest BCUT2D eigenvalue weighted by Gasteiger charge is -2.44. The summed E-state index contributed by atoms with van der Waals surface area (Å²) in [5, 5.41) is 79.4. The number of nitrogens with zero attached hydrogens (tertiary/aromatic N) is 2. The number of ether oxygens (including phenoxy) is 4. The summed E-state index contributed by atoms with van der Waals surface area (Å²) >= 11 is 0. The van der Waals surface area contributed by atoms with E-state index in [0.29, 0.717) is 28.8 Å². The van der Waals surface area contributed by atoms with Crippen molar-refractivity contribution in [3.63, 3.8) is 0 Å². The van der Waals surface area contributed by atoms with Gasteiger partial charge in [-0.3, -0.25) is 0 Å². The molecular weight excluding hydrogens is 556 g/mol. The van der Waals surface area contributed by atoms with E-state index >= 15 is 0 Å². The standard InChI is InChI=1S/C28H34N2O12/c1-13-29-30-28(39-13)14-5-7-16(8-6-14)40-17-4-2-3-15(9-17)26-25(37)27(23(35)19(11-32)42-26)38-12-20-22(34)24(36)21(33)18(10-31)41-20/h2-9,18-27,31-37H,10-12H2,1H3. The summed E-state index contributed by atoms with van der Waals surface area (Å²) in [6, 6.07) is 13.7. The molecule has 10 unspecified atom stereocenters. The van der Waals surface area contributed by atoms with Crippen molar-refractivity contribution in [1.29, 1.82) is 0 Å². The molecule has 0 aliphatic carbocycles. The van der Waals surface area contributed by atoms with Gasteiger partial charge in [-0.15, -0.1) is 10.2 Å². The van der Waals surface area contributed by atoms with Crippen LogP contribution in [0.5, 0.6) is 11.5 Å². The summed E-state index contributed by atoms with van der Waals surface area (Å²) < 4.78 is 28.5. The van der Waals surface area contributed by atoms with E-state index in [2.05, 4.69) is 10.2 Å². The Morgan fingerprint density at radius 2 is 1.43 bits per heavy atom. The molecule has 14 nitrogen and oxygen atoms in total. The van der Waals surface area contributed by atoms with Gasteiger partial charge in [-0.2, -0.15) is 0 Å². The molecule has 2 aliphatic rings. The molecule has 10 atom stereocenters. The minimum Gasteiger partial charge on any atom is -0.457 e. The third-order valence-corrected chi connectivity index (χ3v) is 7.36. The van der Waals surface area contributed by atoms with E-state index in [-0.39, 0.29) is 0 Å². The average Bonchev–Trinajstić information content (AvgIpc) is 3.43. The van der Waals surface area contributed by atoms with E-state index in [4.69, 9.17) is 23.4 Å². The van der Waals surface area contributed by atoms with Crippen molar-refractivity contribution in [3.8, 4) is 23.0 Å². The van der Waals surface area contributed by atoms with Crippen LogP contribution in [0.4, 0.5) is 0 Å². The van der Waals surface area contributed by atoms with Gasteiger partial charge < -0.3 is 59.1 Å². The van der Waals surface area contributed by atoms with Crippen LogP contribution in [-0.4, -0.2) is 121 Å². The first-order valence-corrected chi connectivity index (χ1v) is 13.4. The fraction of sp³-hybridized carbons (Fsp3) is 0.500. The molecule has 0 saturated carbocycles. The summed E-state index contributed by atoms with van der Waals surface area (Å²) in [6.07, 6.45) is -13.4. The highest BCUT2D eigenvalue weighted by atomic mass is 16.6. The van der Waals surface area contributed by atoms with Crippen molar-refractivity contribution in [1.82, 2.24) is 10.2 Å². The summed E-state index contributed by atoms with van der Waals surface area (Å²) in [5.41, 5.74) is 1.20. The van der Waals surface area contributed by atoms with Gasteiger partial charge in [0.25, 0.3) is 0 Å². The van der Waals surface area contributed by atoms with Gasteiger partial charge in [0.1, 0.15) is 72.5 Å². The highest BCUT2D eigenvalue weighted by Gasteiger charge is 2.48. The molecule has 0 amide bonds. The third kappa shape index (κ3) is 6.33. The lowest BCUT2D eigenvalue weighted by atomic mass is 9.90. The molecule has 2 aliphatic heterocycles. The molecule has 7 N–H and O–H groups in total. The van der Waals surface area contributed by atoms with E-state index in [0.717, 1.165) is 5.56 Å². The Balaban J connectivity index is 1.29. The molecule has 3 aromatic rings. The first-order valence-electron chi connectivity index (χ1n) is 13.4. The van der Waals surface area contributed by atoms with Crippen LogP contribution in [0.15, 0.2) is 52.9 Å². The number of aryl methyl sites for hydroxylation is 1. The van der Waals surface area contributed by atoms with Crippen LogP contribution in [0, 0.1) is 6.92 Å². The lowest BCUT2D eigenvalue weighted by Crippen LogP contribution is -2.61. The summed E-state index contributed by atoms with van der Waals surface area (Å²) in [4.78, 5) is 0. The molecule has 0 radical (unpaired) electrons. The molecule has 2 saturated heterocycles. The Morgan fingerprint density at radius 3 is 2.10 bits per heavy atom. The van der Waals surface area contributed by atoms with Crippen LogP contribution in [0.1, 0.15) is 17.6 Å². The van der Waals surface area contributed by atoms with Crippen LogP contribution in [-0.2, 0) is 14.2 Å². The smallest absolute Gasteiger partial charge is 0.247 e. The third-order valence-electron chi connectivity index (χ3n) is 7.36. The molecule has 3 heterocycles. The lowest BCUT2D eigenvalue weighted by molar-refractivity contribution is -0.270. The first-order chi connectivity index (χ1) is 20.2. The van der Waals surface area contributed by atoms with Gasteiger partial charge in [-0.25, -0.2) is 0 Å². The van der Waals surface area contributed by atoms with Crippen LogP contribution >= 0.6 is 0 Å². The summed E-state index contributed by atoms with van der Waals surface area (Å²) in [5.74, 6) is 1.77. The van der Waals surface area contributed by atoms with E-state index in [9.17, 15) is 35.7 Å². The second kappa shape index (κ2) is 13.1. The molecule has 42 heavy (non-hydrogen) atoms. The molecule has 0 spiro atoms. The first kappa shape index (κ1) is 30.4. The van der Waals surface area contributed by atoms with E-state index in [1.807, 2.05) is 0 Å². The zero-order valence-electron chi connectivity index (χ0n) is 22.6. The van der Waals surface area contributed by atoms with Gasteiger partial charge in [0.05, 0.1) is 19.8 Å². The van der Waals surface area contributed by atoms with E-state index in [1.54, 1.807) is 55.5 Å². The van der Waals surface area contributed by atoms with Crippen LogP contribution in [0.3, 0.4) is 0 Å². The normalized spacial score (nSPS) is 33.4. The van der Waals surface area contributed by atoms with Crippen molar-refractivity contribution in [2.45, 2.75) is 68.0 Å². The number of benzene rings is 2. The molecule has 5 rings (SSSR count). The molecular formula is C28H34N2O12. The fourth-order valence-electron chi connectivity index (χ4n) is 5.05. The van der Waals surface area contributed by atoms with Crippen LogP contribution < -0.4 is 4.74 Å². The number of aromatic nitrogens is 2. The topological polar surface area (TPSA) is 217 Å². The largest absolute Gasteiger partial charge is 0.457 e. The van der Waals surface area contributed by atoms with Crippen molar-refractivity contribution < 1.29 is 59.1 Å². The van der Waals surface area contributed by atoms with Crippen molar-refractivity contribution in [2.75, 3.05) is 19.8 Å². The van der Waals surface area contributed by atoms with Crippen molar-refractivity contribution in [3.05, 3.63) is 60.0 Å². The number of aliphatic hydroxyl groups is 7. The van der Waals surface area contributed by atoms with Gasteiger partial charge in [0.15, 0.2) is 0 Å². The average molecular weight is 591 g/mol. The zero-order valence-corrected chi connectivity index (χ0v) is 22.6. The number of aliphatic hydroxyl groups excluding tert-OH is 7. The predicted molar refractivity (Wildman–Crippen MR) is 141 cm³/mol. The molecule has 228 valence electrons. The monoisotopic (exact) mass is 590 g/mol. The van der Waals surface area contributed by atoms with E-state index in [1.165, 1.54) is 0 Å². The van der Waals surface area contributed by atoms with Crippen molar-refractivity contribution >= 4 is 0 Å². The Bertz CT molecular complexity index is 1300. The van der Waals surface area contributed by atoms with E-state index < -0.39 is 80.9 Å². The maximum Gasteiger partial charge on any atom is 0.247 e. The molecule has 1 aromatic heterocycles. The second-order valence-electron chi connectivity index (χ2n) is 10.2. The fourth-order valence-corrected chi connectivity index (χ4v) is 5.05. The summed E-state index contributed by atoms with van der Waals surface area (Å²) in [7, 11) is 0. The van der Waals surface area contributed by atoms with Gasteiger partial charge in [-0.1, -0.05) is 12.1 Å². The minimum absolute atomic E-state index is 0.383. The highest BCUT2D eigenvalue weighted by Crippen LogP contribution is 2.36. The molecule has 14 heteroatoms. The Kier molecular flexibility index (Phi) is 9.49. The van der Waals surface area contributed by atoms with Crippen LogP contribution in [0.2, 0.25) is 0 Å². The Morgan fingerprint density at radius 1 is 0.738 bits per heavy atom. The van der Waals surface area contributed by atoms with Gasteiger partial charge >= 0.3 is 0 Å². The molecule has 2 fully saturated rings. The predicted octanol–water partition coefficient (Wildman–Crippen LogP) is -0.781. The summed E-state index contributed by atoms with van der Waals surface area (Å²) in [6.45, 7) is 0.102. The Labute approximate surface area is 240 Å². The number of rotatable bonds is 9. The second-order valence-corrected chi connectivity index (χ2v) is 10.2. The van der Waals surface area contributed by atoms with Gasteiger partial charge in [0, 0.05) is 12.5 Å². The number of hydrogen-bond acceptors (Lipinski definition) is 14. The van der Waals surface area contributed by atoms with Gasteiger partial charge in [0.2, 0.25) is 11.8 Å². The van der Waals surface area contributed by atoms with Crippen LogP contribution in [0.25, 0.3) is 11.5 Å².